The van der Waals surface area contributed by atoms with Crippen molar-refractivity contribution in [1.29, 1.82) is 0 Å². The average molecular weight is 381 g/mol. The molecule has 12 heteroatoms. The van der Waals surface area contributed by atoms with E-state index in [0.29, 0.717) is 18.3 Å². The maximum Gasteiger partial charge on any atom is 0.243 e. The van der Waals surface area contributed by atoms with Gasteiger partial charge in [-0.25, -0.2) is 21.9 Å². The quantitative estimate of drug-likeness (QED) is 0.636. The molecule has 2 aromatic heterocycles. The van der Waals surface area contributed by atoms with Gasteiger partial charge in [0.15, 0.2) is 11.6 Å². The Balaban J connectivity index is 1.43. The molecule has 0 bridgehead atoms. The Bertz CT molecular complexity index is 1030. The highest BCUT2D eigenvalue weighted by Crippen LogP contribution is 2.28. The van der Waals surface area contributed by atoms with Gasteiger partial charge in [0.25, 0.3) is 0 Å². The average Bonchev–Trinajstić information content (AvgIpc) is 3.21. The standard InChI is InChI=1S/C14H13F2N7O2S/c15-13-2-1-12(5-14(13)16)26(24,25)21-8-11(9-21)22-6-10(19-20-22)7-23-17-3-4-18-23/h1-6,11H,7-9H2. The summed E-state index contributed by atoms with van der Waals surface area (Å²) in [6.07, 6.45) is 4.81. The van der Waals surface area contributed by atoms with E-state index in [1.807, 2.05) is 0 Å². The van der Waals surface area contributed by atoms with Gasteiger partial charge >= 0.3 is 0 Å². The zero-order chi connectivity index (χ0) is 18.3. The third-order valence-corrected chi connectivity index (χ3v) is 5.89. The first-order valence-corrected chi connectivity index (χ1v) is 9.07. The summed E-state index contributed by atoms with van der Waals surface area (Å²) < 4.78 is 53.9. The van der Waals surface area contributed by atoms with Gasteiger partial charge < -0.3 is 0 Å². The molecule has 0 unspecified atom stereocenters. The Kier molecular flexibility index (Phi) is 4.00. The zero-order valence-corrected chi connectivity index (χ0v) is 14.1. The van der Waals surface area contributed by atoms with Crippen molar-refractivity contribution in [3.8, 4) is 0 Å². The van der Waals surface area contributed by atoms with Crippen molar-refractivity contribution in [2.45, 2.75) is 17.5 Å². The van der Waals surface area contributed by atoms with Gasteiger partial charge in [0.05, 0.1) is 29.5 Å². The lowest BCUT2D eigenvalue weighted by Crippen LogP contribution is -2.50. The molecule has 1 aromatic carbocycles. The summed E-state index contributed by atoms with van der Waals surface area (Å²) in [5.41, 5.74) is 0.642. The van der Waals surface area contributed by atoms with Gasteiger partial charge in [-0.1, -0.05) is 5.21 Å². The third-order valence-electron chi connectivity index (χ3n) is 4.06. The van der Waals surface area contributed by atoms with Crippen LogP contribution < -0.4 is 0 Å². The summed E-state index contributed by atoms with van der Waals surface area (Å²) in [5.74, 6) is -2.29. The van der Waals surface area contributed by atoms with Crippen molar-refractivity contribution in [2.75, 3.05) is 13.1 Å². The van der Waals surface area contributed by atoms with Gasteiger partial charge in [-0.15, -0.1) is 5.10 Å². The van der Waals surface area contributed by atoms with Gasteiger partial charge in [0, 0.05) is 13.1 Å². The second-order valence-corrected chi connectivity index (χ2v) is 7.74. The molecule has 136 valence electrons. The van der Waals surface area contributed by atoms with Gasteiger partial charge in [-0.05, 0) is 18.2 Å². The van der Waals surface area contributed by atoms with Crippen molar-refractivity contribution >= 4 is 10.0 Å². The molecule has 9 nitrogen and oxygen atoms in total. The lowest BCUT2D eigenvalue weighted by Gasteiger charge is -2.37. The minimum atomic E-state index is -3.88. The minimum absolute atomic E-state index is 0.171. The molecule has 1 saturated heterocycles. The van der Waals surface area contributed by atoms with E-state index in [1.54, 1.807) is 23.3 Å². The number of nitrogens with zero attached hydrogens (tertiary/aromatic N) is 7. The Hall–Kier alpha value is -2.73. The first kappa shape index (κ1) is 16.7. The van der Waals surface area contributed by atoms with E-state index in [4.69, 9.17) is 0 Å². The molecular weight excluding hydrogens is 368 g/mol. The van der Waals surface area contributed by atoms with Gasteiger partial charge in [0.2, 0.25) is 10.0 Å². The SMILES string of the molecule is O=S(=O)(c1ccc(F)c(F)c1)N1CC(n2cc(Cn3nccn3)nn2)C1. The van der Waals surface area contributed by atoms with Crippen LogP contribution in [0, 0.1) is 11.6 Å². The number of sulfonamides is 1. The van der Waals surface area contributed by atoms with Crippen LogP contribution in [0.25, 0.3) is 0 Å². The fraction of sp³-hybridized carbons (Fsp3) is 0.286. The van der Waals surface area contributed by atoms with Crippen molar-refractivity contribution in [3.05, 3.63) is 54.1 Å². The van der Waals surface area contributed by atoms with Crippen molar-refractivity contribution in [2.24, 2.45) is 0 Å². The summed E-state index contributed by atoms with van der Waals surface area (Å²) >= 11 is 0. The largest absolute Gasteiger partial charge is 0.246 e. The Morgan fingerprint density at radius 3 is 2.54 bits per heavy atom. The molecule has 3 aromatic rings. The maximum absolute atomic E-state index is 13.3. The van der Waals surface area contributed by atoms with Gasteiger partial charge in [0.1, 0.15) is 12.2 Å². The molecule has 1 aliphatic heterocycles. The minimum Gasteiger partial charge on any atom is -0.246 e. The number of hydrogen-bond acceptors (Lipinski definition) is 6. The van der Waals surface area contributed by atoms with E-state index in [-0.39, 0.29) is 24.0 Å². The van der Waals surface area contributed by atoms with Crippen LogP contribution in [0.2, 0.25) is 0 Å². The maximum atomic E-state index is 13.3. The van der Waals surface area contributed by atoms with Crippen molar-refractivity contribution in [1.82, 2.24) is 34.3 Å². The third kappa shape index (κ3) is 2.97. The summed E-state index contributed by atoms with van der Waals surface area (Å²) in [7, 11) is -3.88. The Morgan fingerprint density at radius 2 is 1.85 bits per heavy atom. The predicted molar refractivity (Wildman–Crippen MR) is 83.3 cm³/mol. The highest BCUT2D eigenvalue weighted by molar-refractivity contribution is 7.89. The molecule has 0 spiro atoms. The molecule has 3 heterocycles. The lowest BCUT2D eigenvalue weighted by molar-refractivity contribution is 0.188. The lowest BCUT2D eigenvalue weighted by atomic mass is 10.2. The Morgan fingerprint density at radius 1 is 1.12 bits per heavy atom. The second kappa shape index (κ2) is 6.21. The van der Waals surface area contributed by atoms with Crippen LogP contribution in [-0.2, 0) is 16.6 Å². The molecule has 1 aliphatic rings. The topological polar surface area (TPSA) is 98.8 Å². The number of hydrogen-bond donors (Lipinski definition) is 0. The van der Waals surface area contributed by atoms with Gasteiger partial charge in [-0.2, -0.15) is 19.3 Å². The van der Waals surface area contributed by atoms with Crippen LogP contribution in [0.5, 0.6) is 0 Å². The van der Waals surface area contributed by atoms with E-state index in [1.165, 1.54) is 9.10 Å². The van der Waals surface area contributed by atoms with Crippen LogP contribution in [-0.4, -0.2) is 55.8 Å². The van der Waals surface area contributed by atoms with Crippen molar-refractivity contribution < 1.29 is 17.2 Å². The molecule has 0 N–H and O–H groups in total. The van der Waals surface area contributed by atoms with E-state index in [0.717, 1.165) is 12.1 Å². The second-order valence-electron chi connectivity index (χ2n) is 5.80. The van der Waals surface area contributed by atoms with E-state index >= 15 is 0 Å². The molecule has 0 radical (unpaired) electrons. The van der Waals surface area contributed by atoms with Crippen LogP contribution in [0.1, 0.15) is 11.7 Å². The van der Waals surface area contributed by atoms with Crippen LogP contribution >= 0.6 is 0 Å². The summed E-state index contributed by atoms with van der Waals surface area (Å²) in [4.78, 5) is 1.17. The van der Waals surface area contributed by atoms with E-state index in [2.05, 4.69) is 20.5 Å². The molecule has 0 amide bonds. The number of aromatic nitrogens is 6. The molecule has 4 rings (SSSR count). The first-order chi connectivity index (χ1) is 12.4. The summed E-state index contributed by atoms with van der Waals surface area (Å²) in [5, 5.41) is 16.0. The Labute approximate surface area is 146 Å². The molecule has 26 heavy (non-hydrogen) atoms. The molecule has 0 aliphatic carbocycles. The van der Waals surface area contributed by atoms with E-state index in [9.17, 15) is 17.2 Å². The molecule has 1 fully saturated rings. The molecule has 0 saturated carbocycles. The van der Waals surface area contributed by atoms with Crippen LogP contribution in [0.15, 0.2) is 41.7 Å². The van der Waals surface area contributed by atoms with Gasteiger partial charge in [-0.3, -0.25) is 0 Å². The summed E-state index contributed by atoms with van der Waals surface area (Å²) in [6.45, 7) is 0.699. The monoisotopic (exact) mass is 381 g/mol. The van der Waals surface area contributed by atoms with E-state index < -0.39 is 21.7 Å². The highest BCUT2D eigenvalue weighted by atomic mass is 32.2. The molecular formula is C14H13F2N7O2S. The number of halogens is 2. The van der Waals surface area contributed by atoms with Crippen LogP contribution in [0.4, 0.5) is 8.78 Å². The molecule has 0 atom stereocenters. The van der Waals surface area contributed by atoms with Crippen LogP contribution in [0.3, 0.4) is 0 Å². The number of benzene rings is 1. The zero-order valence-electron chi connectivity index (χ0n) is 13.3. The van der Waals surface area contributed by atoms with Crippen molar-refractivity contribution in [3.63, 3.8) is 0 Å². The smallest absolute Gasteiger partial charge is 0.243 e. The first-order valence-electron chi connectivity index (χ1n) is 7.63. The fourth-order valence-corrected chi connectivity index (χ4v) is 4.13. The predicted octanol–water partition coefficient (Wildman–Crippen LogP) is 0.442. The highest BCUT2D eigenvalue weighted by Gasteiger charge is 2.38. The normalized spacial score (nSPS) is 15.9. The fourth-order valence-electron chi connectivity index (χ4n) is 2.60. The summed E-state index contributed by atoms with van der Waals surface area (Å²) in [6, 6.07) is 2.35. The number of rotatable bonds is 5.